The van der Waals surface area contributed by atoms with E-state index in [9.17, 15) is 0 Å². The first kappa shape index (κ1) is 107. The molecule has 8 aliphatic carbocycles. The average Bonchev–Trinajstić information content (AvgIpc) is 1.53. The van der Waals surface area contributed by atoms with Gasteiger partial charge in [0.1, 0.15) is 0 Å². The molecule has 11 rings (SSSR count). The lowest BCUT2D eigenvalue weighted by Gasteiger charge is -2.32. The summed E-state index contributed by atoms with van der Waals surface area (Å²) in [4.78, 5) is 129. The highest BCUT2D eigenvalue weighted by atomic mass is 32.1. The first-order chi connectivity index (χ1) is 60.4. The number of ketones is 8. The molecule has 3 aromatic rings. The summed E-state index contributed by atoms with van der Waals surface area (Å²) >= 11 is 4.90. The van der Waals surface area contributed by atoms with Gasteiger partial charge in [0.15, 0.2) is 46.3 Å². The first-order valence-electron chi connectivity index (χ1n) is 48.8. The Morgan fingerprint density at radius 2 is 0.193 bits per heavy atom. The molecule has 0 aliphatic heterocycles. The summed E-state index contributed by atoms with van der Waals surface area (Å²) in [6, 6.07) is 0. The molecule has 8 nitrogen and oxygen atoms in total. The van der Waals surface area contributed by atoms with Crippen LogP contribution in [-0.4, -0.2) is 46.3 Å². The van der Waals surface area contributed by atoms with Gasteiger partial charge in [-0.05, 0) is 228 Å². The predicted molar refractivity (Wildman–Crippen MR) is 573 cm³/mol. The molecule has 0 aromatic carbocycles. The zero-order valence-electron chi connectivity index (χ0n) is 91.7. The second-order valence-electron chi connectivity index (χ2n) is 55.7. The second-order valence-corrected chi connectivity index (χ2v) is 58.8. The number of rotatable bonds is 0. The Balaban J connectivity index is 1.94. The Morgan fingerprint density at radius 3 is 0.281 bits per heavy atom. The monoisotopic (exact) mass is 1870 g/mol. The topological polar surface area (TPSA) is 137 Å². The Bertz CT molecular complexity index is 6480. The maximum absolute atomic E-state index is 16.4. The largest absolute Gasteiger partial charge is 0.289 e. The van der Waals surface area contributed by atoms with Crippen molar-refractivity contribution in [2.24, 2.45) is 86.6 Å². The third-order valence-electron chi connectivity index (χ3n) is 27.0. The number of Topliss-reactive ketones (excluding diaryl/α,β-unsaturated/α-hetero) is 8. The van der Waals surface area contributed by atoms with E-state index in [4.69, 9.17) is 0 Å². The second kappa shape index (κ2) is 34.1. The Hall–Kier alpha value is -8.74. The van der Waals surface area contributed by atoms with Crippen molar-refractivity contribution >= 4 is 125 Å². The lowest BCUT2D eigenvalue weighted by Crippen LogP contribution is -2.40. The highest BCUT2D eigenvalue weighted by Gasteiger charge is 2.45. The van der Waals surface area contributed by atoms with Gasteiger partial charge in [-0.2, -0.15) is 0 Å². The van der Waals surface area contributed by atoms with Crippen LogP contribution in [0.15, 0.2) is 186 Å². The van der Waals surface area contributed by atoms with Crippen LogP contribution < -0.4 is 40.4 Å². The normalized spacial score (nSPS) is 19.6. The van der Waals surface area contributed by atoms with Crippen molar-refractivity contribution in [3.05, 3.63) is 245 Å². The maximum Gasteiger partial charge on any atom is 0.186 e. The lowest BCUT2D eigenvalue weighted by molar-refractivity contribution is -0.114. The molecule has 722 valence electrons. The van der Waals surface area contributed by atoms with E-state index in [-0.39, 0.29) is 46.3 Å². The zero-order chi connectivity index (χ0) is 103. The Kier molecular flexibility index (Phi) is 26.9. The van der Waals surface area contributed by atoms with E-state index >= 15 is 38.4 Å². The minimum Gasteiger partial charge on any atom is -0.289 e. The molecule has 0 unspecified atom stereocenters. The molecule has 0 fully saturated rings. The van der Waals surface area contributed by atoms with Crippen molar-refractivity contribution in [1.82, 2.24) is 0 Å². The van der Waals surface area contributed by atoms with Gasteiger partial charge in [0.05, 0.1) is 18.1 Å². The molecular weight excluding hydrogens is 1710 g/mol. The molecule has 3 aromatic heterocycles. The number of carbonyl (C=O) groups is 8. The standard InChI is InChI=1S/C124H160O8S3/c1-109(2,3)73-49-65(50-74(95(73)125)110(4,5)6)89-91(67-53-77(113(13,14)15)97(127)78(54-67)114(16,17)18)105(133-103(89)71-61-85(121(37,38)39)101(131)86(62-71)122(40,41)42)107-93(69-57-81(117(25,26)27)99(129)82(58-69)118(28,29)30)94(70-59-83(119(31,32)33)100(130)84(60-70)120(34,35)36)108(135-107)106-92(68-55-79(115(19,20)21)98(128)80(56-68)116(22,23)24)90(66-51-75(111(7,8)9)96(126)76(52-66)112(10,11)12)104(134-106)72-63-87(123(43,44)45)102(132)88(64-72)124(46,47)48/h49-64H,1-48H3/b107-105-,108-106+. The third-order valence-corrected chi connectivity index (χ3v) is 31.0. The van der Waals surface area contributed by atoms with Crippen LogP contribution in [-0.2, 0) is 38.4 Å². The van der Waals surface area contributed by atoms with Crippen LogP contribution >= 0.6 is 34.0 Å². The highest BCUT2D eigenvalue weighted by molar-refractivity contribution is 7.13. The average molecular weight is 1870 g/mol. The van der Waals surface area contributed by atoms with Gasteiger partial charge in [0.2, 0.25) is 0 Å². The van der Waals surface area contributed by atoms with Crippen LogP contribution in [0.25, 0.3) is 44.6 Å². The van der Waals surface area contributed by atoms with Crippen molar-refractivity contribution in [3.8, 4) is 0 Å². The summed E-state index contributed by atoms with van der Waals surface area (Å²) in [5.41, 5.74) is 4.58. The molecule has 0 saturated carbocycles. The Morgan fingerprint density at radius 1 is 0.119 bits per heavy atom. The number of carbonyl (C=O) groups excluding carboxylic acids is 8. The smallest absolute Gasteiger partial charge is 0.186 e. The quantitative estimate of drug-likeness (QED) is 0.217. The summed E-state index contributed by atoms with van der Waals surface area (Å²) in [6.07, 6.45) is 34.1. The summed E-state index contributed by atoms with van der Waals surface area (Å²) < 4.78 is 4.81. The Labute approximate surface area is 821 Å². The van der Waals surface area contributed by atoms with Gasteiger partial charge in [0.25, 0.3) is 0 Å². The highest BCUT2D eigenvalue weighted by Crippen LogP contribution is 2.49. The van der Waals surface area contributed by atoms with Crippen LogP contribution in [0.1, 0.15) is 332 Å². The van der Waals surface area contributed by atoms with Crippen molar-refractivity contribution in [3.63, 3.8) is 0 Å². The van der Waals surface area contributed by atoms with Crippen LogP contribution in [0.4, 0.5) is 0 Å². The molecule has 0 atom stereocenters. The number of hydrogen-bond donors (Lipinski definition) is 0. The van der Waals surface area contributed by atoms with Gasteiger partial charge in [-0.15, -0.1) is 34.0 Å². The van der Waals surface area contributed by atoms with Crippen LogP contribution in [0.3, 0.4) is 0 Å². The predicted octanol–water partition coefficient (Wildman–Crippen LogP) is 25.9. The van der Waals surface area contributed by atoms with Gasteiger partial charge in [0, 0.05) is 130 Å². The van der Waals surface area contributed by atoms with Gasteiger partial charge < -0.3 is 0 Å². The van der Waals surface area contributed by atoms with Crippen molar-refractivity contribution in [2.45, 2.75) is 332 Å². The third kappa shape index (κ3) is 20.7. The van der Waals surface area contributed by atoms with Gasteiger partial charge in [-0.25, -0.2) is 0 Å². The number of hydrogen-bond acceptors (Lipinski definition) is 11. The fraction of sp³-hybridized carbons (Fsp3) is 0.516. The summed E-state index contributed by atoms with van der Waals surface area (Å²) in [6.45, 7) is 101. The fourth-order valence-corrected chi connectivity index (χ4v) is 23.4. The molecule has 0 amide bonds. The van der Waals surface area contributed by atoms with E-state index in [1.807, 2.05) is 0 Å². The summed E-state index contributed by atoms with van der Waals surface area (Å²) in [5.74, 6) is -0.421. The van der Waals surface area contributed by atoms with E-state index in [2.05, 4.69) is 430 Å². The minimum absolute atomic E-state index is 0.0379. The SMILES string of the molecule is CC(C)(C)C1=CC(=c2s/c(=c3\s/c(=c4/sc(=C5C=C(C(C)(C)C)C(=O)C(C(C)(C)C)=C5)c(=C5C=C(C(C)(C)C)C(=O)C(C(C)(C)C)=C5)c4=C4C=C(C(C)(C)C)C(=O)C(C(C)(C)C)=C4)c(=C4C=C(C(C)(C)C)C(=O)C(C(C)(C)C)=C4)c3=C3C=C(C(C)(C)C)C(=O)C(C(C)(C)C)=C3)c(=C3C=C(C(C)(C)C)C(=O)C(C(C)(C)C)=C3)c2=C2C=C(C(C)(C)C)C(=O)C(C(C)(C)C)=C2)C=C(C(C)(C)C)C1=O. The van der Waals surface area contributed by atoms with Crippen molar-refractivity contribution < 1.29 is 38.4 Å². The number of allylic oxidation sites excluding steroid dienone is 32. The van der Waals surface area contributed by atoms with Gasteiger partial charge in [-0.1, -0.05) is 332 Å². The molecule has 0 saturated heterocycles. The van der Waals surface area contributed by atoms with Crippen LogP contribution in [0, 0.1) is 105 Å². The lowest BCUT2D eigenvalue weighted by atomic mass is 9.71. The molecule has 0 spiro atoms. The van der Waals surface area contributed by atoms with E-state index < -0.39 is 86.6 Å². The van der Waals surface area contributed by atoms with E-state index in [1.54, 1.807) is 34.0 Å². The van der Waals surface area contributed by atoms with Crippen molar-refractivity contribution in [1.29, 1.82) is 0 Å². The van der Waals surface area contributed by atoms with E-state index in [0.717, 1.165) is 103 Å². The van der Waals surface area contributed by atoms with E-state index in [0.29, 0.717) is 89.2 Å². The molecule has 8 aliphatic rings. The van der Waals surface area contributed by atoms with Gasteiger partial charge in [-0.3, -0.25) is 38.4 Å². The zero-order valence-corrected chi connectivity index (χ0v) is 94.2. The number of thiophene rings is 3. The van der Waals surface area contributed by atoms with Gasteiger partial charge >= 0.3 is 0 Å². The fourth-order valence-electron chi connectivity index (χ4n) is 19.1. The van der Waals surface area contributed by atoms with Crippen LogP contribution in [0.2, 0.25) is 0 Å². The molecule has 11 heteroatoms. The molecule has 0 radical (unpaired) electrons. The summed E-state index contributed by atoms with van der Waals surface area (Å²) in [7, 11) is 0. The molecule has 0 bridgehead atoms. The molecule has 3 heterocycles. The minimum atomic E-state index is -0.758. The molecular formula is C124H160O8S3. The van der Waals surface area contributed by atoms with Crippen LogP contribution in [0.5, 0.6) is 0 Å². The van der Waals surface area contributed by atoms with Crippen molar-refractivity contribution in [2.75, 3.05) is 0 Å². The van der Waals surface area contributed by atoms with E-state index in [1.165, 1.54) is 0 Å². The summed E-state index contributed by atoms with van der Waals surface area (Å²) in [5, 5.41) is 4.70. The maximum atomic E-state index is 16.4. The first-order valence-corrected chi connectivity index (χ1v) is 51.3. The molecule has 0 N–H and O–H groups in total. The molecule has 135 heavy (non-hydrogen) atoms.